The first-order chi connectivity index (χ1) is 9.24. The van der Waals surface area contributed by atoms with Crippen molar-refractivity contribution in [1.82, 2.24) is 9.78 Å². The molecule has 0 fully saturated rings. The molecule has 0 spiro atoms. The zero-order chi connectivity index (χ0) is 13.2. The third kappa shape index (κ3) is 2.27. The first kappa shape index (κ1) is 11.6. The van der Waals surface area contributed by atoms with Gasteiger partial charge in [0.1, 0.15) is 5.84 Å². The molecule has 2 heterocycles. The number of aromatic nitrogens is 2. The van der Waals surface area contributed by atoms with Crippen molar-refractivity contribution >= 4 is 11.5 Å². The van der Waals surface area contributed by atoms with Crippen LogP contribution in [0.25, 0.3) is 0 Å². The van der Waals surface area contributed by atoms with Gasteiger partial charge in [0.15, 0.2) is 0 Å². The Balaban J connectivity index is 2.03. The summed E-state index contributed by atoms with van der Waals surface area (Å²) in [5, 5.41) is 12.5. The lowest BCUT2D eigenvalue weighted by atomic mass is 9.87. The van der Waals surface area contributed by atoms with Crippen LogP contribution in [0.4, 0.5) is 0 Å². The van der Waals surface area contributed by atoms with E-state index in [1.807, 2.05) is 37.6 Å². The highest BCUT2D eigenvalue weighted by Crippen LogP contribution is 2.27. The Labute approximate surface area is 111 Å². The molecule has 1 atom stereocenters. The van der Waals surface area contributed by atoms with Crippen LogP contribution in [0.5, 0.6) is 0 Å². The lowest BCUT2D eigenvalue weighted by Gasteiger charge is -2.20. The molecule has 1 aliphatic heterocycles. The van der Waals surface area contributed by atoms with Crippen LogP contribution in [-0.2, 0) is 7.05 Å². The van der Waals surface area contributed by atoms with Crippen molar-refractivity contribution in [2.24, 2.45) is 23.0 Å². The Kier molecular flexibility index (Phi) is 2.87. The standard InChI is InChI=1S/C14H15N5/c1-19-9-11(8-16-19)14-12(7-13(15)17-18-14)10-5-3-2-4-6-10/h2-6,8-9,12H,7H2,1H3,(H2,15,17). The molecule has 5 nitrogen and oxygen atoms in total. The maximum atomic E-state index is 5.83. The highest BCUT2D eigenvalue weighted by molar-refractivity contribution is 6.08. The summed E-state index contributed by atoms with van der Waals surface area (Å²) < 4.78 is 1.77. The van der Waals surface area contributed by atoms with E-state index >= 15 is 0 Å². The predicted molar refractivity (Wildman–Crippen MR) is 75.2 cm³/mol. The summed E-state index contributed by atoms with van der Waals surface area (Å²) in [5.74, 6) is 0.712. The zero-order valence-corrected chi connectivity index (χ0v) is 10.7. The number of nitrogens with two attached hydrogens (primary N) is 1. The smallest absolute Gasteiger partial charge is 0.123 e. The Morgan fingerprint density at radius 3 is 2.68 bits per heavy atom. The molecule has 0 radical (unpaired) electrons. The summed E-state index contributed by atoms with van der Waals surface area (Å²) in [5.41, 5.74) is 8.94. The maximum Gasteiger partial charge on any atom is 0.123 e. The van der Waals surface area contributed by atoms with Gasteiger partial charge < -0.3 is 5.73 Å². The molecule has 0 aliphatic carbocycles. The Morgan fingerprint density at radius 1 is 1.21 bits per heavy atom. The molecule has 1 aliphatic rings. The van der Waals surface area contributed by atoms with E-state index in [1.165, 1.54) is 5.56 Å². The fraction of sp³-hybridized carbons (Fsp3) is 0.214. The second-order valence-electron chi connectivity index (χ2n) is 4.65. The van der Waals surface area contributed by atoms with Crippen molar-refractivity contribution in [3.8, 4) is 0 Å². The molecule has 0 saturated carbocycles. The Hall–Kier alpha value is -2.43. The van der Waals surface area contributed by atoms with E-state index in [0.29, 0.717) is 12.3 Å². The number of aryl methyl sites for hydroxylation is 1. The molecule has 5 heteroatoms. The van der Waals surface area contributed by atoms with Crippen molar-refractivity contribution in [2.45, 2.75) is 12.3 Å². The molecular weight excluding hydrogens is 238 g/mol. The quantitative estimate of drug-likeness (QED) is 0.884. The normalized spacial score (nSPS) is 18.9. The van der Waals surface area contributed by atoms with Gasteiger partial charge in [-0.15, -0.1) is 5.10 Å². The van der Waals surface area contributed by atoms with Crippen LogP contribution in [0.1, 0.15) is 23.5 Å². The monoisotopic (exact) mass is 253 g/mol. The number of hydrogen-bond acceptors (Lipinski definition) is 4. The average molecular weight is 253 g/mol. The molecule has 1 unspecified atom stereocenters. The van der Waals surface area contributed by atoms with Crippen LogP contribution in [-0.4, -0.2) is 21.3 Å². The van der Waals surface area contributed by atoms with Crippen LogP contribution in [0.2, 0.25) is 0 Å². The number of benzene rings is 1. The van der Waals surface area contributed by atoms with Gasteiger partial charge in [0.25, 0.3) is 0 Å². The van der Waals surface area contributed by atoms with Crippen molar-refractivity contribution in [3.63, 3.8) is 0 Å². The van der Waals surface area contributed by atoms with Gasteiger partial charge in [-0.05, 0) is 5.56 Å². The lowest BCUT2D eigenvalue weighted by Crippen LogP contribution is -2.25. The molecule has 3 rings (SSSR count). The largest absolute Gasteiger partial charge is 0.386 e. The minimum Gasteiger partial charge on any atom is -0.386 e. The fourth-order valence-electron chi connectivity index (χ4n) is 2.31. The number of amidine groups is 1. The zero-order valence-electron chi connectivity index (χ0n) is 10.7. The maximum absolute atomic E-state index is 5.83. The van der Waals surface area contributed by atoms with Crippen LogP contribution in [0, 0.1) is 0 Å². The SMILES string of the molecule is Cn1cc(C2=NN=C(N)CC2c2ccccc2)cn1. The van der Waals surface area contributed by atoms with Crippen molar-refractivity contribution in [3.05, 3.63) is 53.9 Å². The minimum absolute atomic E-state index is 0.142. The average Bonchev–Trinajstić information content (AvgIpc) is 2.86. The second-order valence-corrected chi connectivity index (χ2v) is 4.65. The predicted octanol–water partition coefficient (Wildman–Crippen LogP) is 1.67. The van der Waals surface area contributed by atoms with Crippen LogP contribution >= 0.6 is 0 Å². The molecule has 0 saturated heterocycles. The van der Waals surface area contributed by atoms with Crippen LogP contribution < -0.4 is 5.73 Å². The summed E-state index contributed by atoms with van der Waals surface area (Å²) in [6.07, 6.45) is 4.45. The van der Waals surface area contributed by atoms with E-state index in [-0.39, 0.29) is 5.92 Å². The molecule has 2 aromatic rings. The van der Waals surface area contributed by atoms with Gasteiger partial charge in [-0.2, -0.15) is 10.2 Å². The summed E-state index contributed by atoms with van der Waals surface area (Å²) in [6.45, 7) is 0. The third-order valence-corrected chi connectivity index (χ3v) is 3.23. The second kappa shape index (κ2) is 4.68. The summed E-state index contributed by atoms with van der Waals surface area (Å²) in [4.78, 5) is 0. The summed E-state index contributed by atoms with van der Waals surface area (Å²) in [6, 6.07) is 10.2. The van der Waals surface area contributed by atoms with Gasteiger partial charge in [0.2, 0.25) is 0 Å². The third-order valence-electron chi connectivity index (χ3n) is 3.23. The number of rotatable bonds is 2. The van der Waals surface area contributed by atoms with Crippen LogP contribution in [0.3, 0.4) is 0 Å². The molecular formula is C14H15N5. The molecule has 2 N–H and O–H groups in total. The fourth-order valence-corrected chi connectivity index (χ4v) is 2.31. The molecule has 1 aromatic heterocycles. The summed E-state index contributed by atoms with van der Waals surface area (Å²) >= 11 is 0. The van der Waals surface area contributed by atoms with E-state index in [1.54, 1.807) is 4.68 Å². The Morgan fingerprint density at radius 2 is 2.00 bits per heavy atom. The molecule has 0 bridgehead atoms. The van der Waals surface area contributed by atoms with Crippen LogP contribution in [0.15, 0.2) is 52.9 Å². The van der Waals surface area contributed by atoms with E-state index in [4.69, 9.17) is 5.73 Å². The van der Waals surface area contributed by atoms with Crippen molar-refractivity contribution in [1.29, 1.82) is 0 Å². The van der Waals surface area contributed by atoms with E-state index in [0.717, 1.165) is 11.3 Å². The van der Waals surface area contributed by atoms with Crippen molar-refractivity contribution < 1.29 is 0 Å². The number of hydrogen-bond donors (Lipinski definition) is 1. The van der Waals surface area contributed by atoms with E-state index < -0.39 is 0 Å². The highest BCUT2D eigenvalue weighted by atomic mass is 15.3. The van der Waals surface area contributed by atoms with Gasteiger partial charge in [0.05, 0.1) is 11.9 Å². The van der Waals surface area contributed by atoms with Gasteiger partial charge >= 0.3 is 0 Å². The van der Waals surface area contributed by atoms with Gasteiger partial charge in [-0.3, -0.25) is 4.68 Å². The lowest BCUT2D eigenvalue weighted by molar-refractivity contribution is 0.767. The topological polar surface area (TPSA) is 68.6 Å². The minimum atomic E-state index is 0.142. The molecule has 1 aromatic carbocycles. The first-order valence-corrected chi connectivity index (χ1v) is 6.18. The van der Waals surface area contributed by atoms with E-state index in [9.17, 15) is 0 Å². The van der Waals surface area contributed by atoms with Gasteiger partial charge in [0, 0.05) is 31.1 Å². The molecule has 0 amide bonds. The van der Waals surface area contributed by atoms with Gasteiger partial charge in [-0.25, -0.2) is 0 Å². The van der Waals surface area contributed by atoms with E-state index in [2.05, 4.69) is 27.4 Å². The van der Waals surface area contributed by atoms with Crippen molar-refractivity contribution in [2.75, 3.05) is 0 Å². The molecule has 96 valence electrons. The number of nitrogens with zero attached hydrogens (tertiary/aromatic N) is 4. The first-order valence-electron chi connectivity index (χ1n) is 6.18. The summed E-state index contributed by atoms with van der Waals surface area (Å²) in [7, 11) is 1.89. The van der Waals surface area contributed by atoms with Gasteiger partial charge in [-0.1, -0.05) is 30.3 Å². The highest BCUT2D eigenvalue weighted by Gasteiger charge is 2.25. The Bertz CT molecular complexity index is 639. The molecule has 19 heavy (non-hydrogen) atoms.